The van der Waals surface area contributed by atoms with Gasteiger partial charge in [-0.3, -0.25) is 4.79 Å². The van der Waals surface area contributed by atoms with Crippen LogP contribution in [0, 0.1) is 0 Å². The molecule has 0 saturated carbocycles. The first-order valence-electron chi connectivity index (χ1n) is 10.5. The molecule has 3 rings (SSSR count). The van der Waals surface area contributed by atoms with Crippen LogP contribution in [0.2, 0.25) is 0 Å². The number of benzene rings is 2. The van der Waals surface area contributed by atoms with Crippen molar-refractivity contribution in [2.75, 3.05) is 19.0 Å². The van der Waals surface area contributed by atoms with Crippen LogP contribution in [-0.2, 0) is 6.54 Å². The highest BCUT2D eigenvalue weighted by Gasteiger charge is 2.41. The number of carbonyl (C=O) groups is 1. The third-order valence-corrected chi connectivity index (χ3v) is 5.70. The molecule has 1 fully saturated rings. The van der Waals surface area contributed by atoms with Gasteiger partial charge in [-0.2, -0.15) is 0 Å². The smallest absolute Gasteiger partial charge is 0.254 e. The molecule has 0 unspecified atom stereocenters. The van der Waals surface area contributed by atoms with Crippen molar-refractivity contribution < 1.29 is 4.79 Å². The molecule has 156 valence electrons. The van der Waals surface area contributed by atoms with Gasteiger partial charge in [-0.05, 0) is 70.4 Å². The van der Waals surface area contributed by atoms with Crippen molar-refractivity contribution in [3.05, 3.63) is 65.7 Å². The number of piperidine rings is 1. The zero-order chi connectivity index (χ0) is 21.2. The van der Waals surface area contributed by atoms with Crippen LogP contribution in [0.25, 0.3) is 0 Å². The lowest BCUT2D eigenvalue weighted by Gasteiger charge is -2.49. The highest BCUT2D eigenvalue weighted by molar-refractivity contribution is 5.94. The number of rotatable bonds is 5. The lowest BCUT2D eigenvalue weighted by atomic mass is 9.78. The van der Waals surface area contributed by atoms with E-state index in [0.717, 1.165) is 24.0 Å². The first-order chi connectivity index (χ1) is 13.6. The topological polar surface area (TPSA) is 35.6 Å². The molecule has 0 aliphatic carbocycles. The quantitative estimate of drug-likeness (QED) is 0.799. The average Bonchev–Trinajstić information content (AvgIpc) is 2.64. The molecule has 2 aromatic rings. The van der Waals surface area contributed by atoms with Crippen molar-refractivity contribution in [1.29, 1.82) is 0 Å². The van der Waals surface area contributed by atoms with E-state index in [1.165, 1.54) is 5.69 Å². The summed E-state index contributed by atoms with van der Waals surface area (Å²) in [6.07, 6.45) is 1.87. The molecule has 0 atom stereocenters. The third-order valence-electron chi connectivity index (χ3n) is 5.70. The summed E-state index contributed by atoms with van der Waals surface area (Å²) in [5.41, 5.74) is 3.05. The van der Waals surface area contributed by atoms with Gasteiger partial charge < -0.3 is 15.1 Å². The van der Waals surface area contributed by atoms with Gasteiger partial charge in [0.2, 0.25) is 0 Å². The second-order valence-electron chi connectivity index (χ2n) is 9.81. The minimum atomic E-state index is -0.0174. The Labute approximate surface area is 175 Å². The number of carbonyl (C=O) groups excluding carboxylic acids is 1. The van der Waals surface area contributed by atoms with Crippen LogP contribution in [-0.4, -0.2) is 42.0 Å². The summed E-state index contributed by atoms with van der Waals surface area (Å²) in [5.74, 6) is 0.112. The van der Waals surface area contributed by atoms with Crippen LogP contribution in [0.1, 0.15) is 56.5 Å². The minimum Gasteiger partial charge on any atom is -0.378 e. The molecule has 1 aliphatic rings. The summed E-state index contributed by atoms with van der Waals surface area (Å²) < 4.78 is 0. The van der Waals surface area contributed by atoms with Crippen molar-refractivity contribution >= 4 is 11.6 Å². The monoisotopic (exact) mass is 393 g/mol. The molecule has 0 aromatic heterocycles. The Balaban J connectivity index is 1.92. The highest BCUT2D eigenvalue weighted by Crippen LogP contribution is 2.33. The van der Waals surface area contributed by atoms with Crippen LogP contribution >= 0.6 is 0 Å². The maximum absolute atomic E-state index is 13.5. The van der Waals surface area contributed by atoms with Crippen molar-refractivity contribution in [2.24, 2.45) is 0 Å². The van der Waals surface area contributed by atoms with Gasteiger partial charge in [-0.1, -0.05) is 30.3 Å². The molecular formula is C25H35N3O. The van der Waals surface area contributed by atoms with Crippen molar-refractivity contribution in [3.8, 4) is 0 Å². The molecule has 29 heavy (non-hydrogen) atoms. The zero-order valence-electron chi connectivity index (χ0n) is 18.7. The van der Waals surface area contributed by atoms with Gasteiger partial charge in [0.25, 0.3) is 5.91 Å². The Morgan fingerprint density at radius 2 is 1.48 bits per heavy atom. The summed E-state index contributed by atoms with van der Waals surface area (Å²) >= 11 is 0. The van der Waals surface area contributed by atoms with E-state index in [1.54, 1.807) is 0 Å². The van der Waals surface area contributed by atoms with E-state index < -0.39 is 0 Å². The van der Waals surface area contributed by atoms with E-state index in [2.05, 4.69) is 67.1 Å². The molecule has 2 aromatic carbocycles. The third kappa shape index (κ3) is 5.39. The molecule has 1 heterocycles. The molecule has 0 spiro atoms. The highest BCUT2D eigenvalue weighted by atomic mass is 16.2. The molecule has 0 radical (unpaired) electrons. The van der Waals surface area contributed by atoms with Crippen LogP contribution in [0.4, 0.5) is 5.69 Å². The van der Waals surface area contributed by atoms with Crippen LogP contribution < -0.4 is 10.2 Å². The molecule has 4 heteroatoms. The molecule has 0 bridgehead atoms. The van der Waals surface area contributed by atoms with E-state index in [0.29, 0.717) is 6.54 Å². The number of hydrogen-bond acceptors (Lipinski definition) is 3. The normalized spacial score (nSPS) is 18.3. The summed E-state index contributed by atoms with van der Waals surface area (Å²) in [5, 5.41) is 3.74. The molecule has 1 aliphatic heterocycles. The molecule has 1 amide bonds. The van der Waals surface area contributed by atoms with Gasteiger partial charge in [0, 0.05) is 49.0 Å². The van der Waals surface area contributed by atoms with Gasteiger partial charge in [-0.25, -0.2) is 0 Å². The lowest BCUT2D eigenvalue weighted by Crippen LogP contribution is -2.62. The Morgan fingerprint density at radius 1 is 0.931 bits per heavy atom. The van der Waals surface area contributed by atoms with E-state index >= 15 is 0 Å². The Morgan fingerprint density at radius 3 is 2.00 bits per heavy atom. The van der Waals surface area contributed by atoms with Crippen molar-refractivity contribution in [3.63, 3.8) is 0 Å². The Hall–Kier alpha value is -2.33. The fourth-order valence-corrected chi connectivity index (χ4v) is 4.70. The van der Waals surface area contributed by atoms with Gasteiger partial charge in [0.15, 0.2) is 0 Å². The largest absolute Gasteiger partial charge is 0.378 e. The predicted octanol–water partition coefficient (Wildman–Crippen LogP) is 4.70. The Kier molecular flexibility index (Phi) is 6.04. The average molecular weight is 394 g/mol. The lowest BCUT2D eigenvalue weighted by molar-refractivity contribution is 0.0419. The van der Waals surface area contributed by atoms with E-state index in [4.69, 9.17) is 0 Å². The van der Waals surface area contributed by atoms with Crippen LogP contribution in [0.3, 0.4) is 0 Å². The predicted molar refractivity (Wildman–Crippen MR) is 121 cm³/mol. The second-order valence-corrected chi connectivity index (χ2v) is 9.81. The van der Waals surface area contributed by atoms with Crippen LogP contribution in [0.5, 0.6) is 0 Å². The van der Waals surface area contributed by atoms with E-state index in [9.17, 15) is 4.79 Å². The van der Waals surface area contributed by atoms with Gasteiger partial charge in [0.05, 0.1) is 0 Å². The molecule has 4 nitrogen and oxygen atoms in total. The zero-order valence-corrected chi connectivity index (χ0v) is 18.7. The number of nitrogens with zero attached hydrogens (tertiary/aromatic N) is 2. The standard InChI is InChI=1S/C25H35N3O/c1-24(2)16-22(17-25(3,4)26-24)28(23(29)20-10-8-7-9-11-20)18-19-12-14-21(15-13-19)27(5)6/h7-15,22,26H,16-18H2,1-6H3. The van der Waals surface area contributed by atoms with Crippen molar-refractivity contribution in [2.45, 2.75) is 64.2 Å². The first kappa shape index (κ1) is 21.4. The number of hydrogen-bond donors (Lipinski definition) is 1. The molecular weight excluding hydrogens is 358 g/mol. The Bertz CT molecular complexity index is 809. The van der Waals surface area contributed by atoms with Gasteiger partial charge in [0.1, 0.15) is 0 Å². The summed E-state index contributed by atoms with van der Waals surface area (Å²) in [4.78, 5) is 17.7. The number of nitrogens with one attached hydrogen (secondary N) is 1. The molecule has 1 N–H and O–H groups in total. The van der Waals surface area contributed by atoms with Crippen LogP contribution in [0.15, 0.2) is 54.6 Å². The fourth-order valence-electron chi connectivity index (χ4n) is 4.70. The second kappa shape index (κ2) is 8.19. The van der Waals surface area contributed by atoms with E-state index in [1.807, 2.05) is 44.4 Å². The molecule has 1 saturated heterocycles. The number of amides is 1. The van der Waals surface area contributed by atoms with Gasteiger partial charge in [-0.15, -0.1) is 0 Å². The first-order valence-corrected chi connectivity index (χ1v) is 10.5. The summed E-state index contributed by atoms with van der Waals surface area (Å²) in [6, 6.07) is 18.4. The van der Waals surface area contributed by atoms with Crippen molar-refractivity contribution in [1.82, 2.24) is 10.2 Å². The maximum Gasteiger partial charge on any atom is 0.254 e. The van der Waals surface area contributed by atoms with Gasteiger partial charge >= 0.3 is 0 Å². The summed E-state index contributed by atoms with van der Waals surface area (Å²) in [6.45, 7) is 9.56. The van der Waals surface area contributed by atoms with E-state index in [-0.39, 0.29) is 23.0 Å². The fraction of sp³-hybridized carbons (Fsp3) is 0.480. The SMILES string of the molecule is CN(C)c1ccc(CN(C(=O)c2ccccc2)C2CC(C)(C)NC(C)(C)C2)cc1. The minimum absolute atomic E-state index is 0.0174. The maximum atomic E-state index is 13.5. The number of anilines is 1. The summed E-state index contributed by atoms with van der Waals surface area (Å²) in [7, 11) is 4.08.